The molecule has 3 N–H and O–H groups in total. The highest BCUT2D eigenvalue weighted by molar-refractivity contribution is 6.33. The first-order valence-electron chi connectivity index (χ1n) is 12.5. The van der Waals surface area contributed by atoms with Crippen LogP contribution in [0.25, 0.3) is 0 Å². The highest BCUT2D eigenvalue weighted by Gasteiger charge is 2.38. The number of carbonyl (C=O) groups is 1. The van der Waals surface area contributed by atoms with Gasteiger partial charge in [-0.3, -0.25) is 9.78 Å². The second-order valence-corrected chi connectivity index (χ2v) is 9.54. The predicted octanol–water partition coefficient (Wildman–Crippen LogP) is 4.51. The van der Waals surface area contributed by atoms with Crippen molar-refractivity contribution in [2.45, 2.75) is 38.2 Å². The van der Waals surface area contributed by atoms with Gasteiger partial charge in [0.2, 0.25) is 0 Å². The van der Waals surface area contributed by atoms with Crippen LogP contribution in [0.1, 0.15) is 41.8 Å². The Morgan fingerprint density at radius 3 is 2.68 bits per heavy atom. The summed E-state index contributed by atoms with van der Waals surface area (Å²) in [6.45, 7) is 5.93. The molecule has 0 aliphatic carbocycles. The fourth-order valence-electron chi connectivity index (χ4n) is 4.94. The van der Waals surface area contributed by atoms with Gasteiger partial charge in [-0.25, -0.2) is 0 Å². The molecule has 0 spiro atoms. The average molecular weight is 550 g/mol. The number of rotatable bonds is 7. The Bertz CT molecular complexity index is 1220. The molecule has 2 aliphatic rings. The van der Waals surface area contributed by atoms with E-state index in [1.807, 2.05) is 38.1 Å². The summed E-state index contributed by atoms with van der Waals surface area (Å²) in [5.74, 6) is -0.390. The third-order valence-corrected chi connectivity index (χ3v) is 7.18. The molecule has 0 bridgehead atoms. The maximum Gasteiger partial charge on any atom is 0.416 e. The van der Waals surface area contributed by atoms with Crippen LogP contribution >= 0.6 is 11.6 Å². The van der Waals surface area contributed by atoms with Crippen LogP contribution in [0.4, 0.5) is 13.2 Å². The maximum absolute atomic E-state index is 13.2. The first-order chi connectivity index (χ1) is 18.1. The molecule has 204 valence electrons. The van der Waals surface area contributed by atoms with Crippen LogP contribution in [0.5, 0.6) is 0 Å². The Labute approximate surface area is 225 Å². The molecular weight excluding hydrogens is 519 g/mol. The molecule has 11 heteroatoms. The standard InChI is InChI=1S/C27H31ClF3N5O2/c1-3-20-17-35(25(37)21-8-7-18(14-22(21)28)27(29,30)31)12-13-36(20)24-9-10-26(38-4-2,34-23(24)15-32)19-6-5-11-33-16-19/h5-11,14,16,20,34H,3-4,12-13,15,17,32H2,1-2H3/t20-,26?/m1/s1. The largest absolute Gasteiger partial charge is 0.416 e. The lowest BCUT2D eigenvalue weighted by Crippen LogP contribution is -2.56. The lowest BCUT2D eigenvalue weighted by molar-refractivity contribution is -0.137. The number of pyridine rings is 1. The monoisotopic (exact) mass is 549 g/mol. The van der Waals surface area contributed by atoms with Crippen molar-refractivity contribution in [3.8, 4) is 0 Å². The maximum atomic E-state index is 13.2. The van der Waals surface area contributed by atoms with Crippen LogP contribution in [0.2, 0.25) is 5.02 Å². The van der Waals surface area contributed by atoms with Crippen LogP contribution in [-0.2, 0) is 16.6 Å². The number of carbonyl (C=O) groups excluding carboxylic acids is 1. The minimum atomic E-state index is -4.53. The normalized spacial score (nSPS) is 22.0. The number of ether oxygens (including phenoxy) is 1. The molecule has 1 aromatic carbocycles. The lowest BCUT2D eigenvalue weighted by atomic mass is 9.97. The number of allylic oxidation sites excluding steroid dienone is 1. The van der Waals surface area contributed by atoms with E-state index in [2.05, 4.69) is 15.2 Å². The smallest absolute Gasteiger partial charge is 0.364 e. The molecule has 38 heavy (non-hydrogen) atoms. The van der Waals surface area contributed by atoms with E-state index in [4.69, 9.17) is 22.1 Å². The van der Waals surface area contributed by atoms with Gasteiger partial charge in [0.05, 0.1) is 27.5 Å². The molecule has 7 nitrogen and oxygen atoms in total. The summed E-state index contributed by atoms with van der Waals surface area (Å²) in [5, 5.41) is 3.27. The van der Waals surface area contributed by atoms with Crippen molar-refractivity contribution in [3.63, 3.8) is 0 Å². The minimum absolute atomic E-state index is 0.0399. The second kappa shape index (κ2) is 11.3. The number of benzene rings is 1. The van der Waals surface area contributed by atoms with E-state index in [0.29, 0.717) is 26.2 Å². The molecule has 1 amide bonds. The van der Waals surface area contributed by atoms with Gasteiger partial charge in [-0.1, -0.05) is 24.6 Å². The molecule has 1 aromatic heterocycles. The summed E-state index contributed by atoms with van der Waals surface area (Å²) in [4.78, 5) is 21.3. The zero-order valence-electron chi connectivity index (χ0n) is 21.3. The molecule has 3 heterocycles. The number of halogens is 4. The third kappa shape index (κ3) is 5.52. The second-order valence-electron chi connectivity index (χ2n) is 9.14. The molecule has 1 saturated heterocycles. The zero-order chi connectivity index (χ0) is 27.5. The van der Waals surface area contributed by atoms with Crippen LogP contribution in [0.15, 0.2) is 66.3 Å². The fraction of sp³-hybridized carbons (Fsp3) is 0.407. The number of hydrogen-bond acceptors (Lipinski definition) is 6. The highest BCUT2D eigenvalue weighted by atomic mass is 35.5. The summed E-state index contributed by atoms with van der Waals surface area (Å²) in [6, 6.07) is 6.57. The number of piperazine rings is 1. The molecule has 1 unspecified atom stereocenters. The first-order valence-corrected chi connectivity index (χ1v) is 12.9. The molecule has 0 saturated carbocycles. The summed E-state index contributed by atoms with van der Waals surface area (Å²) in [5.41, 5.74) is 7.01. The van der Waals surface area contributed by atoms with E-state index in [0.717, 1.165) is 41.6 Å². The minimum Gasteiger partial charge on any atom is -0.364 e. The van der Waals surface area contributed by atoms with Gasteiger partial charge < -0.3 is 25.6 Å². The Morgan fingerprint density at radius 1 is 1.29 bits per heavy atom. The lowest BCUT2D eigenvalue weighted by Gasteiger charge is -2.46. The first kappa shape index (κ1) is 27.9. The molecule has 1 fully saturated rings. The third-order valence-electron chi connectivity index (χ3n) is 6.87. The number of alkyl halides is 3. The summed E-state index contributed by atoms with van der Waals surface area (Å²) in [6.07, 6.45) is 3.60. The van der Waals surface area contributed by atoms with Gasteiger partial charge in [0.1, 0.15) is 0 Å². The van der Waals surface area contributed by atoms with Gasteiger partial charge in [0.25, 0.3) is 5.91 Å². The number of dihydropyridines is 1. The Morgan fingerprint density at radius 2 is 2.08 bits per heavy atom. The molecule has 2 aromatic rings. The van der Waals surface area contributed by atoms with E-state index < -0.39 is 17.5 Å². The van der Waals surface area contributed by atoms with Crippen LogP contribution in [0, 0.1) is 0 Å². The van der Waals surface area contributed by atoms with Crippen molar-refractivity contribution >= 4 is 17.5 Å². The van der Waals surface area contributed by atoms with Crippen LogP contribution in [0.3, 0.4) is 0 Å². The van der Waals surface area contributed by atoms with Gasteiger partial charge in [0.15, 0.2) is 5.72 Å². The zero-order valence-corrected chi connectivity index (χ0v) is 22.0. The van der Waals surface area contributed by atoms with Crippen molar-refractivity contribution in [1.82, 2.24) is 20.1 Å². The van der Waals surface area contributed by atoms with Crippen molar-refractivity contribution in [1.29, 1.82) is 0 Å². The van der Waals surface area contributed by atoms with Crippen molar-refractivity contribution in [2.75, 3.05) is 32.8 Å². The summed E-state index contributed by atoms with van der Waals surface area (Å²) >= 11 is 6.10. The van der Waals surface area contributed by atoms with Crippen molar-refractivity contribution in [3.05, 3.63) is 88.0 Å². The molecule has 4 rings (SSSR count). The quantitative estimate of drug-likeness (QED) is 0.529. The van der Waals surface area contributed by atoms with Gasteiger partial charge in [-0.05, 0) is 49.8 Å². The molecule has 2 atom stereocenters. The molecule has 0 radical (unpaired) electrons. The SMILES string of the molecule is CCOC1(c2cccnc2)C=CC(N2CCN(C(=O)c3ccc(C(F)(F)F)cc3Cl)C[C@H]2CC)=C(CN)N1. The Hall–Kier alpha value is -3.08. The van der Waals surface area contributed by atoms with E-state index >= 15 is 0 Å². The highest BCUT2D eigenvalue weighted by Crippen LogP contribution is 2.34. The number of nitrogens with two attached hydrogens (primary N) is 1. The van der Waals surface area contributed by atoms with Crippen LogP contribution < -0.4 is 11.1 Å². The van der Waals surface area contributed by atoms with Gasteiger partial charge in [-0.15, -0.1) is 0 Å². The van der Waals surface area contributed by atoms with E-state index in [-0.39, 0.29) is 29.1 Å². The Balaban J connectivity index is 1.55. The van der Waals surface area contributed by atoms with E-state index in [1.54, 1.807) is 17.3 Å². The number of amides is 1. The molecule has 2 aliphatic heterocycles. The van der Waals surface area contributed by atoms with Crippen molar-refractivity contribution in [2.24, 2.45) is 5.73 Å². The summed E-state index contributed by atoms with van der Waals surface area (Å²) < 4.78 is 45.2. The van der Waals surface area contributed by atoms with Gasteiger partial charge in [0, 0.05) is 56.8 Å². The summed E-state index contributed by atoms with van der Waals surface area (Å²) in [7, 11) is 0. The topological polar surface area (TPSA) is 83.7 Å². The number of hydrogen-bond donors (Lipinski definition) is 2. The Kier molecular flexibility index (Phi) is 8.34. The number of nitrogens with one attached hydrogen (secondary N) is 1. The molecular formula is C27H31ClF3N5O2. The number of aromatic nitrogens is 1. The fourth-order valence-corrected chi connectivity index (χ4v) is 5.20. The van der Waals surface area contributed by atoms with Gasteiger partial charge >= 0.3 is 6.18 Å². The number of nitrogens with zero attached hydrogens (tertiary/aromatic N) is 3. The van der Waals surface area contributed by atoms with Crippen molar-refractivity contribution < 1.29 is 22.7 Å². The van der Waals surface area contributed by atoms with Gasteiger partial charge in [-0.2, -0.15) is 13.2 Å². The van der Waals surface area contributed by atoms with E-state index in [9.17, 15) is 18.0 Å². The average Bonchev–Trinajstić information content (AvgIpc) is 2.92. The van der Waals surface area contributed by atoms with E-state index in [1.165, 1.54) is 0 Å². The predicted molar refractivity (Wildman–Crippen MR) is 139 cm³/mol. The van der Waals surface area contributed by atoms with Crippen LogP contribution in [-0.4, -0.2) is 59.5 Å².